The Hall–Kier alpha value is -1.39. The first kappa shape index (κ1) is 16.0. The van der Waals surface area contributed by atoms with Crippen LogP contribution in [0.25, 0.3) is 0 Å². The first-order valence-electron chi connectivity index (χ1n) is 7.74. The topological polar surface area (TPSA) is 58.6 Å². The molecule has 0 saturated heterocycles. The summed E-state index contributed by atoms with van der Waals surface area (Å²) in [6.45, 7) is 1.96. The van der Waals surface area contributed by atoms with E-state index in [0.717, 1.165) is 18.4 Å². The Balaban J connectivity index is 1.73. The van der Waals surface area contributed by atoms with Crippen LogP contribution < -0.4 is 5.32 Å². The Kier molecular flexibility index (Phi) is 5.76. The first-order valence-corrected chi connectivity index (χ1v) is 7.74. The highest BCUT2D eigenvalue weighted by Crippen LogP contribution is 2.20. The highest BCUT2D eigenvalue weighted by atomic mass is 16.5. The standard InChI is InChI=1S/C17H25NO3/c1-17(20,14-8-4-2-5-9-14)13-18-16(19)12-21-15-10-6-3-7-11-15/h2,4-5,8-9,15,20H,3,6-7,10-13H2,1H3,(H,18,19). The minimum absolute atomic E-state index is 0.0789. The van der Waals surface area contributed by atoms with E-state index in [2.05, 4.69) is 5.32 Å². The van der Waals surface area contributed by atoms with Gasteiger partial charge in [-0.15, -0.1) is 0 Å². The van der Waals surface area contributed by atoms with Gasteiger partial charge < -0.3 is 15.2 Å². The molecule has 116 valence electrons. The zero-order valence-electron chi connectivity index (χ0n) is 12.7. The fraction of sp³-hybridized carbons (Fsp3) is 0.588. The van der Waals surface area contributed by atoms with Gasteiger partial charge in [0.1, 0.15) is 12.2 Å². The smallest absolute Gasteiger partial charge is 0.246 e. The van der Waals surface area contributed by atoms with E-state index in [9.17, 15) is 9.90 Å². The summed E-state index contributed by atoms with van der Waals surface area (Å²) in [6, 6.07) is 9.35. The number of benzene rings is 1. The Morgan fingerprint density at radius 2 is 1.95 bits per heavy atom. The predicted molar refractivity (Wildman–Crippen MR) is 81.8 cm³/mol. The van der Waals surface area contributed by atoms with Crippen LogP contribution in [0, 0.1) is 0 Å². The molecule has 1 unspecified atom stereocenters. The van der Waals surface area contributed by atoms with E-state index < -0.39 is 5.60 Å². The highest BCUT2D eigenvalue weighted by molar-refractivity contribution is 5.77. The van der Waals surface area contributed by atoms with Crippen molar-refractivity contribution < 1.29 is 14.6 Å². The molecule has 1 aromatic rings. The van der Waals surface area contributed by atoms with E-state index in [1.165, 1.54) is 19.3 Å². The monoisotopic (exact) mass is 291 g/mol. The van der Waals surface area contributed by atoms with Gasteiger partial charge in [-0.1, -0.05) is 49.6 Å². The second-order valence-electron chi connectivity index (χ2n) is 5.99. The maximum atomic E-state index is 11.8. The van der Waals surface area contributed by atoms with Crippen molar-refractivity contribution in [1.82, 2.24) is 5.32 Å². The van der Waals surface area contributed by atoms with E-state index in [1.807, 2.05) is 30.3 Å². The molecule has 21 heavy (non-hydrogen) atoms. The molecular weight excluding hydrogens is 266 g/mol. The Labute approximate surface area is 126 Å². The van der Waals surface area contributed by atoms with Crippen molar-refractivity contribution in [2.75, 3.05) is 13.2 Å². The molecule has 2 N–H and O–H groups in total. The minimum Gasteiger partial charge on any atom is -0.384 e. The third kappa shape index (κ3) is 5.14. The van der Waals surface area contributed by atoms with Crippen LogP contribution in [-0.4, -0.2) is 30.3 Å². The molecule has 4 heteroatoms. The van der Waals surface area contributed by atoms with E-state index in [4.69, 9.17) is 4.74 Å². The zero-order valence-corrected chi connectivity index (χ0v) is 12.7. The van der Waals surface area contributed by atoms with Gasteiger partial charge in [0, 0.05) is 0 Å². The molecule has 0 aliphatic heterocycles. The lowest BCUT2D eigenvalue weighted by atomic mass is 9.96. The highest BCUT2D eigenvalue weighted by Gasteiger charge is 2.23. The zero-order chi connectivity index (χ0) is 15.1. The van der Waals surface area contributed by atoms with Crippen LogP contribution in [0.1, 0.15) is 44.6 Å². The Morgan fingerprint density at radius 3 is 2.62 bits per heavy atom. The van der Waals surface area contributed by atoms with E-state index >= 15 is 0 Å². The number of aliphatic hydroxyl groups is 1. The third-order valence-corrected chi connectivity index (χ3v) is 4.03. The van der Waals surface area contributed by atoms with Gasteiger partial charge in [-0.3, -0.25) is 4.79 Å². The number of hydrogen-bond donors (Lipinski definition) is 2. The maximum absolute atomic E-state index is 11.8. The molecule has 1 saturated carbocycles. The summed E-state index contributed by atoms with van der Waals surface area (Å²) in [7, 11) is 0. The quantitative estimate of drug-likeness (QED) is 0.846. The lowest BCUT2D eigenvalue weighted by molar-refractivity contribution is -0.129. The molecule has 1 atom stereocenters. The molecule has 0 aromatic heterocycles. The maximum Gasteiger partial charge on any atom is 0.246 e. The first-order chi connectivity index (χ1) is 10.1. The van der Waals surface area contributed by atoms with Gasteiger partial charge >= 0.3 is 0 Å². The van der Waals surface area contributed by atoms with Crippen molar-refractivity contribution in [3.05, 3.63) is 35.9 Å². The lowest BCUT2D eigenvalue weighted by Crippen LogP contribution is -2.40. The minimum atomic E-state index is -1.07. The summed E-state index contributed by atoms with van der Waals surface area (Å²) >= 11 is 0. The van der Waals surface area contributed by atoms with E-state index in [0.29, 0.717) is 0 Å². The Morgan fingerprint density at radius 1 is 1.29 bits per heavy atom. The van der Waals surface area contributed by atoms with Crippen molar-refractivity contribution in [1.29, 1.82) is 0 Å². The molecule has 0 heterocycles. The van der Waals surface area contributed by atoms with Crippen LogP contribution in [-0.2, 0) is 15.1 Å². The third-order valence-electron chi connectivity index (χ3n) is 4.03. The summed E-state index contributed by atoms with van der Waals surface area (Å²) in [5, 5.41) is 13.1. The van der Waals surface area contributed by atoms with Gasteiger partial charge in [-0.2, -0.15) is 0 Å². The number of rotatable bonds is 6. The molecule has 1 aliphatic rings. The lowest BCUT2D eigenvalue weighted by Gasteiger charge is -2.25. The van der Waals surface area contributed by atoms with Gasteiger partial charge in [0.05, 0.1) is 12.6 Å². The van der Waals surface area contributed by atoms with Crippen LogP contribution in [0.3, 0.4) is 0 Å². The number of hydrogen-bond acceptors (Lipinski definition) is 3. The molecular formula is C17H25NO3. The summed E-state index contributed by atoms with van der Waals surface area (Å²) in [5.41, 5.74) is -0.277. The van der Waals surface area contributed by atoms with Crippen molar-refractivity contribution in [3.8, 4) is 0 Å². The van der Waals surface area contributed by atoms with Crippen molar-refractivity contribution in [3.63, 3.8) is 0 Å². The predicted octanol–water partition coefficient (Wildman–Crippen LogP) is 2.36. The van der Waals surface area contributed by atoms with Crippen molar-refractivity contribution in [2.24, 2.45) is 0 Å². The molecule has 0 radical (unpaired) electrons. The van der Waals surface area contributed by atoms with Gasteiger partial charge in [0.25, 0.3) is 0 Å². The second-order valence-corrected chi connectivity index (χ2v) is 5.99. The molecule has 0 bridgehead atoms. The van der Waals surface area contributed by atoms with Crippen LogP contribution in [0.15, 0.2) is 30.3 Å². The van der Waals surface area contributed by atoms with Crippen LogP contribution in [0.2, 0.25) is 0 Å². The molecule has 1 aliphatic carbocycles. The fourth-order valence-corrected chi connectivity index (χ4v) is 2.65. The average molecular weight is 291 g/mol. The summed E-state index contributed by atoms with van der Waals surface area (Å²) in [4.78, 5) is 11.8. The number of carbonyl (C=O) groups excluding carboxylic acids is 1. The van der Waals surface area contributed by atoms with Crippen LogP contribution in [0.4, 0.5) is 0 Å². The summed E-state index contributed by atoms with van der Waals surface area (Å²) in [5.74, 6) is -0.170. The van der Waals surface area contributed by atoms with Gasteiger partial charge in [0.15, 0.2) is 0 Å². The molecule has 4 nitrogen and oxygen atoms in total. The molecule has 1 fully saturated rings. The van der Waals surface area contributed by atoms with Crippen LogP contribution >= 0.6 is 0 Å². The number of nitrogens with one attached hydrogen (secondary N) is 1. The van der Waals surface area contributed by atoms with Gasteiger partial charge in [0.2, 0.25) is 5.91 Å². The molecule has 2 rings (SSSR count). The Bertz CT molecular complexity index is 439. The largest absolute Gasteiger partial charge is 0.384 e. The summed E-state index contributed by atoms with van der Waals surface area (Å²) in [6.07, 6.45) is 5.97. The molecule has 1 aromatic carbocycles. The normalized spacial score (nSPS) is 19.0. The molecule has 1 amide bonds. The average Bonchev–Trinajstić information content (AvgIpc) is 2.53. The second kappa shape index (κ2) is 7.57. The van der Waals surface area contributed by atoms with Crippen molar-refractivity contribution in [2.45, 2.75) is 50.7 Å². The van der Waals surface area contributed by atoms with E-state index in [1.54, 1.807) is 6.92 Å². The number of ether oxygens (including phenoxy) is 1. The number of carbonyl (C=O) groups is 1. The van der Waals surface area contributed by atoms with Gasteiger partial charge in [-0.25, -0.2) is 0 Å². The molecule has 0 spiro atoms. The van der Waals surface area contributed by atoms with Gasteiger partial charge in [-0.05, 0) is 25.3 Å². The fourth-order valence-electron chi connectivity index (χ4n) is 2.65. The number of amides is 1. The van der Waals surface area contributed by atoms with E-state index in [-0.39, 0.29) is 25.2 Å². The van der Waals surface area contributed by atoms with Crippen LogP contribution in [0.5, 0.6) is 0 Å². The SMILES string of the molecule is CC(O)(CNC(=O)COC1CCCCC1)c1ccccc1. The van der Waals surface area contributed by atoms with Crippen molar-refractivity contribution >= 4 is 5.91 Å². The summed E-state index contributed by atoms with van der Waals surface area (Å²) < 4.78 is 5.62.